The van der Waals surface area contributed by atoms with Crippen LogP contribution in [0.25, 0.3) is 0 Å². The van der Waals surface area contributed by atoms with Crippen molar-refractivity contribution in [1.82, 2.24) is 0 Å². The van der Waals surface area contributed by atoms with E-state index in [0.29, 0.717) is 5.75 Å². The maximum atomic E-state index is 12.7. The largest absolute Gasteiger partial charge is 0.497 e. The molecule has 1 amide bonds. The summed E-state index contributed by atoms with van der Waals surface area (Å²) in [5.41, 5.74) is -0.916. The van der Waals surface area contributed by atoms with Crippen molar-refractivity contribution < 1.29 is 32.2 Å². The molecule has 0 fully saturated rings. The molecular formula is C19H18F3NO4S. The molecule has 0 bridgehead atoms. The van der Waals surface area contributed by atoms with Gasteiger partial charge < -0.3 is 14.8 Å². The van der Waals surface area contributed by atoms with Crippen LogP contribution in [-0.4, -0.2) is 30.8 Å². The minimum atomic E-state index is -4.52. The molecule has 0 aliphatic heterocycles. The van der Waals surface area contributed by atoms with Crippen LogP contribution in [-0.2, 0) is 20.5 Å². The number of esters is 1. The van der Waals surface area contributed by atoms with Gasteiger partial charge in [-0.05, 0) is 49.4 Å². The number of anilines is 1. The Kier molecular flexibility index (Phi) is 7.33. The molecule has 2 aromatic rings. The molecule has 0 spiro atoms. The molecule has 0 aliphatic rings. The first-order valence-corrected chi connectivity index (χ1v) is 9.12. The van der Waals surface area contributed by atoms with Gasteiger partial charge in [0.2, 0.25) is 0 Å². The fourth-order valence-electron chi connectivity index (χ4n) is 2.12. The third kappa shape index (κ3) is 6.49. The molecule has 1 N–H and O–H groups in total. The molecule has 0 saturated carbocycles. The van der Waals surface area contributed by atoms with E-state index in [0.717, 1.165) is 17.0 Å². The van der Waals surface area contributed by atoms with Crippen molar-refractivity contribution in [2.24, 2.45) is 0 Å². The second-order valence-electron chi connectivity index (χ2n) is 5.66. The van der Waals surface area contributed by atoms with Crippen LogP contribution in [0.5, 0.6) is 5.75 Å². The van der Waals surface area contributed by atoms with Crippen LogP contribution in [0.2, 0.25) is 0 Å². The quantitative estimate of drug-likeness (QED) is 0.539. The van der Waals surface area contributed by atoms with E-state index in [1.165, 1.54) is 30.8 Å². The van der Waals surface area contributed by atoms with Crippen LogP contribution in [0.15, 0.2) is 53.4 Å². The molecule has 5 nitrogen and oxygen atoms in total. The topological polar surface area (TPSA) is 64.6 Å². The Balaban J connectivity index is 1.85. The van der Waals surface area contributed by atoms with Crippen LogP contribution >= 0.6 is 11.8 Å². The Hall–Kier alpha value is -2.68. The van der Waals surface area contributed by atoms with Gasteiger partial charge in [-0.2, -0.15) is 13.2 Å². The number of benzene rings is 2. The molecule has 150 valence electrons. The van der Waals surface area contributed by atoms with E-state index >= 15 is 0 Å². The van der Waals surface area contributed by atoms with Gasteiger partial charge in [0.25, 0.3) is 5.91 Å². The first-order valence-electron chi connectivity index (χ1n) is 8.13. The van der Waals surface area contributed by atoms with Crippen molar-refractivity contribution in [2.75, 3.05) is 18.2 Å². The highest BCUT2D eigenvalue weighted by Gasteiger charge is 2.30. The third-order valence-corrected chi connectivity index (χ3v) is 4.54. The lowest BCUT2D eigenvalue weighted by molar-refractivity contribution is -0.150. The van der Waals surface area contributed by atoms with Crippen molar-refractivity contribution >= 4 is 29.3 Å². The molecule has 2 rings (SSSR count). The lowest BCUT2D eigenvalue weighted by Crippen LogP contribution is -2.30. The summed E-state index contributed by atoms with van der Waals surface area (Å²) in [6.45, 7) is 1.35. The molecule has 0 aliphatic carbocycles. The molecule has 0 aromatic heterocycles. The molecule has 28 heavy (non-hydrogen) atoms. The number of alkyl halides is 3. The molecule has 0 heterocycles. The van der Waals surface area contributed by atoms with E-state index in [9.17, 15) is 22.8 Å². The number of hydrogen-bond acceptors (Lipinski definition) is 5. The van der Waals surface area contributed by atoms with Gasteiger partial charge in [-0.3, -0.25) is 9.59 Å². The molecule has 0 unspecified atom stereocenters. The summed E-state index contributed by atoms with van der Waals surface area (Å²) < 4.78 is 48.2. The molecule has 0 saturated heterocycles. The molecule has 2 aromatic carbocycles. The van der Waals surface area contributed by atoms with E-state index in [-0.39, 0.29) is 11.4 Å². The summed E-state index contributed by atoms with van der Waals surface area (Å²) in [4.78, 5) is 24.8. The monoisotopic (exact) mass is 413 g/mol. The van der Waals surface area contributed by atoms with Crippen molar-refractivity contribution in [3.05, 3.63) is 54.1 Å². The van der Waals surface area contributed by atoms with Crippen LogP contribution in [0.4, 0.5) is 18.9 Å². The van der Waals surface area contributed by atoms with Crippen molar-refractivity contribution in [1.29, 1.82) is 0 Å². The second kappa shape index (κ2) is 9.50. The molecule has 1 atom stereocenters. The van der Waals surface area contributed by atoms with E-state index in [1.807, 2.05) is 0 Å². The summed E-state index contributed by atoms with van der Waals surface area (Å²) in [7, 11) is 1.55. The maximum Gasteiger partial charge on any atom is 0.416 e. The van der Waals surface area contributed by atoms with Gasteiger partial charge in [0.05, 0.1) is 18.4 Å². The summed E-state index contributed by atoms with van der Waals surface area (Å²) in [5.74, 6) is -0.672. The number of amides is 1. The van der Waals surface area contributed by atoms with E-state index < -0.39 is 29.7 Å². The predicted octanol–water partition coefficient (Wildman–Crippen LogP) is 4.38. The lowest BCUT2D eigenvalue weighted by atomic mass is 10.2. The van der Waals surface area contributed by atoms with E-state index in [2.05, 4.69) is 5.32 Å². The van der Waals surface area contributed by atoms with Crippen LogP contribution in [0, 0.1) is 0 Å². The van der Waals surface area contributed by atoms with Crippen LogP contribution in [0.1, 0.15) is 12.5 Å². The maximum absolute atomic E-state index is 12.7. The first kappa shape index (κ1) is 21.6. The third-order valence-electron chi connectivity index (χ3n) is 3.55. The Morgan fingerprint density at radius 2 is 1.82 bits per heavy atom. The number of thioether (sulfide) groups is 1. The minimum Gasteiger partial charge on any atom is -0.497 e. The zero-order valence-electron chi connectivity index (χ0n) is 15.1. The Morgan fingerprint density at radius 1 is 1.14 bits per heavy atom. The number of nitrogens with one attached hydrogen (secondary N) is 1. The van der Waals surface area contributed by atoms with E-state index in [4.69, 9.17) is 9.47 Å². The number of ether oxygens (including phenoxy) is 2. The number of hydrogen-bond donors (Lipinski definition) is 1. The fourth-order valence-corrected chi connectivity index (χ4v) is 2.80. The summed E-state index contributed by atoms with van der Waals surface area (Å²) in [5, 5.41) is 2.31. The SMILES string of the molecule is COc1ccc(SCC(=O)O[C@@H](C)C(=O)Nc2cccc(C(F)(F)F)c2)cc1. The molecule has 9 heteroatoms. The second-order valence-corrected chi connectivity index (χ2v) is 6.71. The molecular weight excluding hydrogens is 395 g/mol. The minimum absolute atomic E-state index is 0.0203. The van der Waals surface area contributed by atoms with Gasteiger partial charge >= 0.3 is 12.1 Å². The zero-order chi connectivity index (χ0) is 20.7. The van der Waals surface area contributed by atoms with Crippen LogP contribution in [0.3, 0.4) is 0 Å². The average Bonchev–Trinajstić information content (AvgIpc) is 2.66. The Labute approximate surface area is 164 Å². The summed E-state index contributed by atoms with van der Waals surface area (Å²) >= 11 is 1.22. The predicted molar refractivity (Wildman–Crippen MR) is 99.3 cm³/mol. The van der Waals surface area contributed by atoms with Gasteiger partial charge in [0.1, 0.15) is 5.75 Å². The average molecular weight is 413 g/mol. The van der Waals surface area contributed by atoms with Gasteiger partial charge in [0, 0.05) is 10.6 Å². The number of rotatable bonds is 7. The number of carbonyl (C=O) groups is 2. The Morgan fingerprint density at radius 3 is 2.43 bits per heavy atom. The van der Waals surface area contributed by atoms with Crippen molar-refractivity contribution in [3.8, 4) is 5.75 Å². The van der Waals surface area contributed by atoms with Gasteiger partial charge in [-0.15, -0.1) is 11.8 Å². The number of halogens is 3. The lowest BCUT2D eigenvalue weighted by Gasteiger charge is -2.14. The zero-order valence-corrected chi connectivity index (χ0v) is 15.9. The van der Waals surface area contributed by atoms with Gasteiger partial charge in [-0.25, -0.2) is 0 Å². The van der Waals surface area contributed by atoms with Crippen LogP contribution < -0.4 is 10.1 Å². The number of carbonyl (C=O) groups excluding carboxylic acids is 2. The van der Waals surface area contributed by atoms with Crippen molar-refractivity contribution in [3.63, 3.8) is 0 Å². The Bertz CT molecular complexity index is 825. The highest BCUT2D eigenvalue weighted by molar-refractivity contribution is 8.00. The highest BCUT2D eigenvalue weighted by Crippen LogP contribution is 2.30. The number of methoxy groups -OCH3 is 1. The highest BCUT2D eigenvalue weighted by atomic mass is 32.2. The summed E-state index contributed by atoms with van der Waals surface area (Å²) in [6, 6.07) is 11.3. The van der Waals surface area contributed by atoms with Crippen molar-refractivity contribution in [2.45, 2.75) is 24.1 Å². The van der Waals surface area contributed by atoms with Gasteiger partial charge in [-0.1, -0.05) is 6.07 Å². The molecule has 0 radical (unpaired) electrons. The first-order chi connectivity index (χ1) is 13.2. The normalized spacial score (nSPS) is 12.2. The van der Waals surface area contributed by atoms with Gasteiger partial charge in [0.15, 0.2) is 6.10 Å². The van der Waals surface area contributed by atoms with E-state index in [1.54, 1.807) is 31.4 Å². The fraction of sp³-hybridized carbons (Fsp3) is 0.263. The standard InChI is InChI=1S/C19H18F3NO4S/c1-12(18(25)23-14-5-3-4-13(10-14)19(20,21)22)27-17(24)11-28-16-8-6-15(26-2)7-9-16/h3-10,12H,11H2,1-2H3,(H,23,25)/t12-/m0/s1. The smallest absolute Gasteiger partial charge is 0.416 e. The summed E-state index contributed by atoms with van der Waals surface area (Å²) in [6.07, 6.45) is -5.67.